The number of nitrogens with zero attached hydrogens (tertiary/aromatic N) is 5. The van der Waals surface area contributed by atoms with E-state index in [4.69, 9.17) is 4.74 Å². The molecule has 0 saturated carbocycles. The van der Waals surface area contributed by atoms with Crippen LogP contribution >= 0.6 is 0 Å². The number of nitrogens with one attached hydrogen (secondary N) is 1. The van der Waals surface area contributed by atoms with Gasteiger partial charge in [-0.2, -0.15) is 0 Å². The van der Waals surface area contributed by atoms with Crippen molar-refractivity contribution >= 4 is 40.2 Å². The van der Waals surface area contributed by atoms with Crippen LogP contribution in [0.25, 0.3) is 22.0 Å². The van der Waals surface area contributed by atoms with Gasteiger partial charge >= 0.3 is 6.36 Å². The Morgan fingerprint density at radius 2 is 1.53 bits per heavy atom. The van der Waals surface area contributed by atoms with E-state index >= 15 is 0 Å². The normalized spacial score (nSPS) is 20.0. The number of carbonyl (C=O) groups is 4. The van der Waals surface area contributed by atoms with Crippen LogP contribution < -0.4 is 15.0 Å². The molecule has 3 fully saturated rings. The molecule has 0 spiro atoms. The summed E-state index contributed by atoms with van der Waals surface area (Å²) in [5.41, 5.74) is 5.50. The van der Waals surface area contributed by atoms with E-state index in [0.29, 0.717) is 18.1 Å². The van der Waals surface area contributed by atoms with E-state index in [9.17, 15) is 32.3 Å². The summed E-state index contributed by atoms with van der Waals surface area (Å²) in [6.45, 7) is 8.56. The maximum atomic E-state index is 13.3. The summed E-state index contributed by atoms with van der Waals surface area (Å²) >= 11 is 0. The van der Waals surface area contributed by atoms with Gasteiger partial charge in [0.15, 0.2) is 0 Å². The molecule has 0 bridgehead atoms. The number of piperazine rings is 1. The van der Waals surface area contributed by atoms with Crippen molar-refractivity contribution in [2.75, 3.05) is 64.4 Å². The first kappa shape index (κ1) is 39.6. The van der Waals surface area contributed by atoms with Gasteiger partial charge in [-0.3, -0.25) is 39.2 Å². The fourth-order valence-electron chi connectivity index (χ4n) is 8.87. The molecule has 3 saturated heterocycles. The Morgan fingerprint density at radius 1 is 0.793 bits per heavy atom. The largest absolute Gasteiger partial charge is 0.573 e. The first-order valence-corrected chi connectivity index (χ1v) is 20.0. The van der Waals surface area contributed by atoms with E-state index in [2.05, 4.69) is 53.7 Å². The molecule has 4 aliphatic rings. The van der Waals surface area contributed by atoms with Gasteiger partial charge in [0.25, 0.3) is 11.8 Å². The van der Waals surface area contributed by atoms with Crippen molar-refractivity contribution in [1.82, 2.24) is 24.6 Å². The number of halogens is 3. The minimum atomic E-state index is -4.74. The average Bonchev–Trinajstić information content (AvgIpc) is 3.68. The van der Waals surface area contributed by atoms with Crippen LogP contribution in [0.1, 0.15) is 58.4 Å². The standard InChI is InChI=1S/C43H47F3N6O6/c1-57-22-2-15-51-27-36(30-4-7-32(8-5-30)58-43(44,45)46)34-23-29(3-10-37(34)51)26-48-16-13-28(14-17-48)25-49-18-20-50(21-19-49)31-6-9-33-35(24-31)42(56)52(41(33)55)38-11-12-39(53)47-40(38)54/h3-10,23-24,27-28,38H,2,11-22,25-26H2,1H3,(H,47,53,54). The zero-order valence-electron chi connectivity index (χ0n) is 32.4. The summed E-state index contributed by atoms with van der Waals surface area (Å²) in [6.07, 6.45) is 0.567. The number of likely N-dealkylation sites (tertiary alicyclic amines) is 1. The van der Waals surface area contributed by atoms with E-state index in [-0.39, 0.29) is 24.2 Å². The number of anilines is 1. The molecule has 1 aromatic heterocycles. The number of imide groups is 2. The van der Waals surface area contributed by atoms with Crippen LogP contribution in [0.15, 0.2) is 66.9 Å². The number of carbonyl (C=O) groups excluding carboxylic acids is 4. The number of piperidine rings is 2. The van der Waals surface area contributed by atoms with Crippen molar-refractivity contribution in [1.29, 1.82) is 0 Å². The van der Waals surface area contributed by atoms with Crippen LogP contribution in [0.3, 0.4) is 0 Å². The number of fused-ring (bicyclic) bond motifs is 2. The van der Waals surface area contributed by atoms with E-state index in [1.165, 1.54) is 17.7 Å². The van der Waals surface area contributed by atoms with Gasteiger partial charge in [0.2, 0.25) is 11.8 Å². The second-order valence-corrected chi connectivity index (χ2v) is 15.7. The Hall–Kier alpha value is -5.25. The molecule has 3 aromatic carbocycles. The zero-order valence-corrected chi connectivity index (χ0v) is 32.4. The lowest BCUT2D eigenvalue weighted by Crippen LogP contribution is -2.54. The molecule has 4 amide bonds. The van der Waals surface area contributed by atoms with Crippen LogP contribution in [0, 0.1) is 5.92 Å². The van der Waals surface area contributed by atoms with Gasteiger partial charge in [-0.05, 0) is 98.3 Å². The molecule has 58 heavy (non-hydrogen) atoms. The molecular weight excluding hydrogens is 754 g/mol. The molecule has 4 aromatic rings. The monoisotopic (exact) mass is 800 g/mol. The molecule has 12 nitrogen and oxygen atoms in total. The quantitative estimate of drug-likeness (QED) is 0.143. The zero-order chi connectivity index (χ0) is 40.6. The highest BCUT2D eigenvalue weighted by Crippen LogP contribution is 2.35. The molecule has 1 unspecified atom stereocenters. The fraction of sp³-hybridized carbons (Fsp3) is 0.442. The Bertz CT molecular complexity index is 2190. The minimum Gasteiger partial charge on any atom is -0.406 e. The lowest BCUT2D eigenvalue weighted by Gasteiger charge is -2.39. The highest BCUT2D eigenvalue weighted by molar-refractivity contribution is 6.23. The van der Waals surface area contributed by atoms with E-state index in [1.807, 2.05) is 6.07 Å². The molecule has 0 aliphatic carbocycles. The first-order valence-electron chi connectivity index (χ1n) is 20.0. The second-order valence-electron chi connectivity index (χ2n) is 15.7. The number of aryl methyl sites for hydroxylation is 1. The van der Waals surface area contributed by atoms with Gasteiger partial charge in [-0.25, -0.2) is 0 Å². The number of rotatable bonds is 12. The van der Waals surface area contributed by atoms with E-state index in [1.54, 1.807) is 31.4 Å². The lowest BCUT2D eigenvalue weighted by molar-refractivity contribution is -0.274. The van der Waals surface area contributed by atoms with Crippen molar-refractivity contribution in [2.24, 2.45) is 5.92 Å². The number of hydrogen-bond acceptors (Lipinski definition) is 9. The Morgan fingerprint density at radius 3 is 2.24 bits per heavy atom. The molecule has 1 N–H and O–H groups in total. The number of methoxy groups -OCH3 is 1. The van der Waals surface area contributed by atoms with Crippen LogP contribution in [0.4, 0.5) is 18.9 Å². The molecule has 8 rings (SSSR count). The molecule has 5 heterocycles. The molecule has 4 aliphatic heterocycles. The van der Waals surface area contributed by atoms with Crippen molar-refractivity contribution in [2.45, 2.75) is 57.6 Å². The van der Waals surface area contributed by atoms with Crippen molar-refractivity contribution in [3.63, 3.8) is 0 Å². The van der Waals surface area contributed by atoms with E-state index in [0.717, 1.165) is 111 Å². The third-order valence-corrected chi connectivity index (χ3v) is 11.9. The molecule has 0 radical (unpaired) electrons. The van der Waals surface area contributed by atoms with Gasteiger partial charge in [-0.1, -0.05) is 18.2 Å². The van der Waals surface area contributed by atoms with E-state index < -0.39 is 36.0 Å². The van der Waals surface area contributed by atoms with Crippen LogP contribution in [-0.4, -0.2) is 115 Å². The smallest absolute Gasteiger partial charge is 0.406 e. The highest BCUT2D eigenvalue weighted by Gasteiger charge is 2.45. The van der Waals surface area contributed by atoms with Gasteiger partial charge < -0.3 is 18.9 Å². The molecule has 1 atom stereocenters. The predicted octanol–water partition coefficient (Wildman–Crippen LogP) is 5.68. The van der Waals surface area contributed by atoms with Gasteiger partial charge in [-0.15, -0.1) is 13.2 Å². The lowest BCUT2D eigenvalue weighted by atomic mass is 9.95. The second kappa shape index (κ2) is 16.5. The van der Waals surface area contributed by atoms with Crippen LogP contribution in [-0.2, 0) is 27.4 Å². The van der Waals surface area contributed by atoms with Gasteiger partial charge in [0, 0.05) is 94.3 Å². The van der Waals surface area contributed by atoms with Crippen LogP contribution in [0.2, 0.25) is 0 Å². The summed E-state index contributed by atoms with van der Waals surface area (Å²) in [4.78, 5) is 58.8. The van der Waals surface area contributed by atoms with Crippen molar-refractivity contribution in [3.8, 4) is 16.9 Å². The molecule has 15 heteroatoms. The highest BCUT2D eigenvalue weighted by atomic mass is 19.4. The number of ether oxygens (including phenoxy) is 2. The number of benzene rings is 3. The summed E-state index contributed by atoms with van der Waals surface area (Å²) in [7, 11) is 1.68. The van der Waals surface area contributed by atoms with Gasteiger partial charge in [0.05, 0.1) is 11.1 Å². The predicted molar refractivity (Wildman–Crippen MR) is 210 cm³/mol. The summed E-state index contributed by atoms with van der Waals surface area (Å²) in [6, 6.07) is 16.9. The molecule has 306 valence electrons. The fourth-order valence-corrected chi connectivity index (χ4v) is 8.87. The maximum Gasteiger partial charge on any atom is 0.573 e. The summed E-state index contributed by atoms with van der Waals surface area (Å²) in [5.74, 6) is -1.67. The Kier molecular flexibility index (Phi) is 11.3. The van der Waals surface area contributed by atoms with Gasteiger partial charge in [0.1, 0.15) is 11.8 Å². The van der Waals surface area contributed by atoms with Crippen LogP contribution in [0.5, 0.6) is 5.75 Å². The maximum absolute atomic E-state index is 13.3. The Labute approximate surface area is 334 Å². The molecular formula is C43H47F3N6O6. The third-order valence-electron chi connectivity index (χ3n) is 11.9. The topological polar surface area (TPSA) is 117 Å². The summed E-state index contributed by atoms with van der Waals surface area (Å²) in [5, 5.41) is 3.30. The number of alkyl halides is 3. The average molecular weight is 801 g/mol. The summed E-state index contributed by atoms with van der Waals surface area (Å²) < 4.78 is 49.9. The number of hydrogen-bond donors (Lipinski definition) is 1. The van der Waals surface area contributed by atoms with Crippen molar-refractivity contribution in [3.05, 3.63) is 83.6 Å². The number of amides is 4. The number of aromatic nitrogens is 1. The first-order chi connectivity index (χ1) is 27.9. The van der Waals surface area contributed by atoms with Crippen molar-refractivity contribution < 1.29 is 41.8 Å². The minimum absolute atomic E-state index is 0.0835. The third kappa shape index (κ3) is 8.47. The SMILES string of the molecule is COCCCn1cc(-c2ccc(OC(F)(F)F)cc2)c2cc(CN3CCC(CN4CCN(c5ccc6c(c5)C(=O)N(C5CCC(=O)NC5=O)C6=O)CC4)CC3)ccc21. The Balaban J connectivity index is 0.847.